The maximum atomic E-state index is 6.20. The second-order valence-corrected chi connectivity index (χ2v) is 6.65. The molecule has 2 nitrogen and oxygen atoms in total. The summed E-state index contributed by atoms with van der Waals surface area (Å²) in [7, 11) is 0. The SMILES string of the molecule is CC1(C)CCC(Nc2ccc(Cl)c3ncccc23)C1. The molecule has 2 aromatic rings. The summed E-state index contributed by atoms with van der Waals surface area (Å²) >= 11 is 6.20. The highest BCUT2D eigenvalue weighted by Crippen LogP contribution is 2.39. The van der Waals surface area contributed by atoms with Crippen molar-refractivity contribution >= 4 is 28.2 Å². The number of halogens is 1. The summed E-state index contributed by atoms with van der Waals surface area (Å²) in [4.78, 5) is 4.37. The van der Waals surface area contributed by atoms with E-state index in [9.17, 15) is 0 Å². The number of hydrogen-bond donors (Lipinski definition) is 1. The molecular formula is C16H19ClN2. The van der Waals surface area contributed by atoms with Gasteiger partial charge >= 0.3 is 0 Å². The summed E-state index contributed by atoms with van der Waals surface area (Å²) in [6.45, 7) is 4.69. The van der Waals surface area contributed by atoms with Gasteiger partial charge in [0.05, 0.1) is 10.5 Å². The van der Waals surface area contributed by atoms with Crippen molar-refractivity contribution in [1.29, 1.82) is 0 Å². The van der Waals surface area contributed by atoms with E-state index in [2.05, 4.69) is 36.3 Å². The Balaban J connectivity index is 1.92. The highest BCUT2D eigenvalue weighted by molar-refractivity contribution is 6.35. The van der Waals surface area contributed by atoms with Crippen molar-refractivity contribution in [2.24, 2.45) is 5.41 Å². The van der Waals surface area contributed by atoms with Crippen LogP contribution in [0.3, 0.4) is 0 Å². The van der Waals surface area contributed by atoms with Gasteiger partial charge in [-0.2, -0.15) is 0 Å². The summed E-state index contributed by atoms with van der Waals surface area (Å²) in [5, 5.41) is 5.49. The molecule has 100 valence electrons. The Kier molecular flexibility index (Phi) is 3.14. The number of anilines is 1. The van der Waals surface area contributed by atoms with E-state index >= 15 is 0 Å². The Morgan fingerprint density at radius 3 is 2.89 bits per heavy atom. The average Bonchev–Trinajstić information content (AvgIpc) is 2.73. The fourth-order valence-electron chi connectivity index (χ4n) is 3.04. The first-order valence-electron chi connectivity index (χ1n) is 6.85. The Hall–Kier alpha value is -1.28. The molecule has 0 saturated heterocycles. The second-order valence-electron chi connectivity index (χ2n) is 6.24. The van der Waals surface area contributed by atoms with Crippen LogP contribution < -0.4 is 5.32 Å². The summed E-state index contributed by atoms with van der Waals surface area (Å²) in [6, 6.07) is 8.59. The standard InChI is InChI=1S/C16H19ClN2/c1-16(2)8-7-11(10-16)19-14-6-5-13(17)15-12(14)4-3-9-18-15/h3-6,9,11,19H,7-8,10H2,1-2H3. The average molecular weight is 275 g/mol. The van der Waals surface area contributed by atoms with Gasteiger partial charge in [-0.05, 0) is 48.9 Å². The Labute approximate surface area is 119 Å². The molecule has 1 atom stereocenters. The molecule has 1 heterocycles. The first-order valence-corrected chi connectivity index (χ1v) is 7.23. The molecule has 19 heavy (non-hydrogen) atoms. The van der Waals surface area contributed by atoms with Crippen LogP contribution in [0.4, 0.5) is 5.69 Å². The van der Waals surface area contributed by atoms with Crippen LogP contribution in [0.5, 0.6) is 0 Å². The van der Waals surface area contributed by atoms with Crippen LogP contribution in [0.25, 0.3) is 10.9 Å². The zero-order valence-corrected chi connectivity index (χ0v) is 12.2. The van der Waals surface area contributed by atoms with Gasteiger partial charge in [0.25, 0.3) is 0 Å². The minimum Gasteiger partial charge on any atom is -0.382 e. The van der Waals surface area contributed by atoms with Gasteiger partial charge in [-0.3, -0.25) is 4.98 Å². The molecule has 0 aliphatic heterocycles. The number of nitrogens with zero attached hydrogens (tertiary/aromatic N) is 1. The monoisotopic (exact) mass is 274 g/mol. The highest BCUT2D eigenvalue weighted by Gasteiger charge is 2.30. The number of pyridine rings is 1. The third-order valence-corrected chi connectivity index (χ3v) is 4.35. The number of aromatic nitrogens is 1. The summed E-state index contributed by atoms with van der Waals surface area (Å²) in [6.07, 6.45) is 5.53. The lowest BCUT2D eigenvalue weighted by Gasteiger charge is -2.19. The smallest absolute Gasteiger partial charge is 0.0908 e. The second kappa shape index (κ2) is 4.68. The summed E-state index contributed by atoms with van der Waals surface area (Å²) < 4.78 is 0. The van der Waals surface area contributed by atoms with Crippen LogP contribution in [-0.4, -0.2) is 11.0 Å². The van der Waals surface area contributed by atoms with Crippen molar-refractivity contribution in [3.8, 4) is 0 Å². The summed E-state index contributed by atoms with van der Waals surface area (Å²) in [5.41, 5.74) is 2.49. The van der Waals surface area contributed by atoms with E-state index in [1.165, 1.54) is 19.3 Å². The molecule has 1 N–H and O–H groups in total. The van der Waals surface area contributed by atoms with Gasteiger partial charge in [0, 0.05) is 23.3 Å². The number of hydrogen-bond acceptors (Lipinski definition) is 2. The maximum Gasteiger partial charge on any atom is 0.0908 e. The van der Waals surface area contributed by atoms with Gasteiger partial charge in [-0.15, -0.1) is 0 Å². The van der Waals surface area contributed by atoms with E-state index in [4.69, 9.17) is 11.6 Å². The van der Waals surface area contributed by atoms with Crippen LogP contribution in [0.2, 0.25) is 5.02 Å². The lowest BCUT2D eigenvalue weighted by Crippen LogP contribution is -2.17. The fourth-order valence-corrected chi connectivity index (χ4v) is 3.26. The molecule has 1 aromatic carbocycles. The highest BCUT2D eigenvalue weighted by atomic mass is 35.5. The number of nitrogens with one attached hydrogen (secondary N) is 1. The van der Waals surface area contributed by atoms with Crippen LogP contribution in [0.15, 0.2) is 30.5 Å². The quantitative estimate of drug-likeness (QED) is 0.844. The lowest BCUT2D eigenvalue weighted by molar-refractivity contribution is 0.378. The zero-order chi connectivity index (χ0) is 13.5. The van der Waals surface area contributed by atoms with E-state index in [0.29, 0.717) is 16.5 Å². The minimum atomic E-state index is 0.456. The van der Waals surface area contributed by atoms with E-state index in [1.54, 1.807) is 6.20 Å². The number of benzene rings is 1. The lowest BCUT2D eigenvalue weighted by atomic mass is 9.92. The van der Waals surface area contributed by atoms with Crippen LogP contribution in [-0.2, 0) is 0 Å². The largest absolute Gasteiger partial charge is 0.382 e. The van der Waals surface area contributed by atoms with Crippen molar-refractivity contribution in [2.75, 3.05) is 5.32 Å². The third kappa shape index (κ3) is 2.55. The third-order valence-electron chi connectivity index (χ3n) is 4.05. The molecule has 1 aromatic heterocycles. The molecule has 0 bridgehead atoms. The normalized spacial score (nSPS) is 21.7. The van der Waals surface area contributed by atoms with Gasteiger partial charge < -0.3 is 5.32 Å². The zero-order valence-electron chi connectivity index (χ0n) is 11.4. The van der Waals surface area contributed by atoms with Crippen molar-refractivity contribution in [3.63, 3.8) is 0 Å². The van der Waals surface area contributed by atoms with E-state index < -0.39 is 0 Å². The van der Waals surface area contributed by atoms with Crippen molar-refractivity contribution in [3.05, 3.63) is 35.5 Å². The summed E-state index contributed by atoms with van der Waals surface area (Å²) in [5.74, 6) is 0. The molecule has 0 spiro atoms. The molecule has 0 amide bonds. The molecule has 0 radical (unpaired) electrons. The van der Waals surface area contributed by atoms with Gasteiger partial charge in [0.1, 0.15) is 0 Å². The first kappa shape index (κ1) is 12.7. The first-order chi connectivity index (χ1) is 9.05. The van der Waals surface area contributed by atoms with Crippen LogP contribution >= 0.6 is 11.6 Å². The van der Waals surface area contributed by atoms with E-state index in [-0.39, 0.29) is 0 Å². The van der Waals surface area contributed by atoms with Crippen LogP contribution in [0, 0.1) is 5.41 Å². The van der Waals surface area contributed by atoms with Crippen LogP contribution in [0.1, 0.15) is 33.1 Å². The predicted molar refractivity (Wildman–Crippen MR) is 81.8 cm³/mol. The van der Waals surface area contributed by atoms with Crippen molar-refractivity contribution in [1.82, 2.24) is 4.98 Å². The maximum absolute atomic E-state index is 6.20. The topological polar surface area (TPSA) is 24.9 Å². The minimum absolute atomic E-state index is 0.456. The van der Waals surface area contributed by atoms with E-state index in [0.717, 1.165) is 16.6 Å². The molecule has 1 fully saturated rings. The molecule has 1 aliphatic rings. The van der Waals surface area contributed by atoms with Crippen molar-refractivity contribution < 1.29 is 0 Å². The van der Waals surface area contributed by atoms with Gasteiger partial charge in [0.2, 0.25) is 0 Å². The Morgan fingerprint density at radius 1 is 1.32 bits per heavy atom. The van der Waals surface area contributed by atoms with E-state index in [1.807, 2.05) is 12.1 Å². The molecule has 1 aliphatic carbocycles. The molecule has 3 heteroatoms. The molecule has 1 saturated carbocycles. The Bertz CT molecular complexity index is 607. The molecule has 3 rings (SSSR count). The van der Waals surface area contributed by atoms with Gasteiger partial charge in [0.15, 0.2) is 0 Å². The fraction of sp³-hybridized carbons (Fsp3) is 0.438. The van der Waals surface area contributed by atoms with Crippen molar-refractivity contribution in [2.45, 2.75) is 39.2 Å². The number of rotatable bonds is 2. The molecular weight excluding hydrogens is 256 g/mol. The number of fused-ring (bicyclic) bond motifs is 1. The Morgan fingerprint density at radius 2 is 2.16 bits per heavy atom. The van der Waals surface area contributed by atoms with Gasteiger partial charge in [-0.1, -0.05) is 25.4 Å². The molecule has 1 unspecified atom stereocenters. The predicted octanol–water partition coefficient (Wildman–Crippen LogP) is 4.88. The van der Waals surface area contributed by atoms with Gasteiger partial charge in [-0.25, -0.2) is 0 Å².